The van der Waals surface area contributed by atoms with Crippen LogP contribution in [-0.2, 0) is 6.54 Å². The Morgan fingerprint density at radius 1 is 1.21 bits per heavy atom. The molecular weight excluding hydrogens is 354 g/mol. The minimum absolute atomic E-state index is 0.0220. The Labute approximate surface area is 161 Å². The number of amides is 1. The van der Waals surface area contributed by atoms with Crippen LogP contribution < -0.4 is 0 Å². The first-order valence-electron chi connectivity index (χ1n) is 9.71. The molecule has 1 atom stereocenters. The van der Waals surface area contributed by atoms with E-state index in [0.29, 0.717) is 12.1 Å². The van der Waals surface area contributed by atoms with E-state index in [-0.39, 0.29) is 11.8 Å². The molecule has 0 N–H and O–H groups in total. The number of aromatic nitrogens is 4. The summed E-state index contributed by atoms with van der Waals surface area (Å²) in [5, 5.41) is 8.30. The number of likely N-dealkylation sites (tertiary alicyclic amines) is 1. The Kier molecular flexibility index (Phi) is 4.07. The number of oxazole rings is 1. The smallest absolute Gasteiger partial charge is 0.253 e. The van der Waals surface area contributed by atoms with Crippen LogP contribution in [0.5, 0.6) is 0 Å². The van der Waals surface area contributed by atoms with Crippen molar-refractivity contribution in [1.82, 2.24) is 24.9 Å². The Morgan fingerprint density at radius 3 is 2.96 bits per heavy atom. The van der Waals surface area contributed by atoms with Crippen molar-refractivity contribution < 1.29 is 9.21 Å². The molecular formula is C21H21N5O2. The molecule has 2 aromatic carbocycles. The minimum atomic E-state index is 0.0220. The van der Waals surface area contributed by atoms with Crippen molar-refractivity contribution in [2.45, 2.75) is 32.2 Å². The fourth-order valence-corrected chi connectivity index (χ4v) is 3.95. The summed E-state index contributed by atoms with van der Waals surface area (Å²) in [7, 11) is 0. The van der Waals surface area contributed by atoms with Crippen LogP contribution in [0.4, 0.5) is 0 Å². The molecule has 0 radical (unpaired) electrons. The van der Waals surface area contributed by atoms with Gasteiger partial charge in [-0.25, -0.2) is 9.67 Å². The minimum Gasteiger partial charge on any atom is -0.440 e. The molecule has 0 spiro atoms. The van der Waals surface area contributed by atoms with Crippen LogP contribution in [0, 0.1) is 0 Å². The van der Waals surface area contributed by atoms with E-state index in [0.717, 1.165) is 54.0 Å². The molecule has 7 nitrogen and oxygen atoms in total. The van der Waals surface area contributed by atoms with Gasteiger partial charge in [0.1, 0.15) is 11.0 Å². The van der Waals surface area contributed by atoms with E-state index in [9.17, 15) is 4.79 Å². The third-order valence-corrected chi connectivity index (χ3v) is 5.43. The number of para-hydroxylation sites is 2. The number of fused-ring (bicyclic) bond motifs is 2. The molecule has 4 aromatic rings. The predicted molar refractivity (Wildman–Crippen MR) is 105 cm³/mol. The van der Waals surface area contributed by atoms with Gasteiger partial charge in [0.05, 0.1) is 11.4 Å². The zero-order valence-corrected chi connectivity index (χ0v) is 15.7. The van der Waals surface area contributed by atoms with E-state index in [4.69, 9.17) is 4.42 Å². The normalized spacial score (nSPS) is 17.5. The summed E-state index contributed by atoms with van der Waals surface area (Å²) in [5.74, 6) is 0.864. The Balaban J connectivity index is 1.39. The summed E-state index contributed by atoms with van der Waals surface area (Å²) in [6.45, 7) is 4.13. The van der Waals surface area contributed by atoms with Gasteiger partial charge in [-0.05, 0) is 50.1 Å². The second kappa shape index (κ2) is 6.74. The molecule has 7 heteroatoms. The molecule has 1 amide bonds. The first kappa shape index (κ1) is 16.9. The molecule has 0 aliphatic carbocycles. The number of nitrogens with zero attached hydrogens (tertiary/aromatic N) is 5. The molecule has 1 aliphatic rings. The lowest BCUT2D eigenvalue weighted by Crippen LogP contribution is -2.39. The lowest BCUT2D eigenvalue weighted by Gasteiger charge is -2.31. The van der Waals surface area contributed by atoms with Gasteiger partial charge in [0.2, 0.25) is 0 Å². The largest absolute Gasteiger partial charge is 0.440 e. The number of piperidine rings is 1. The molecule has 1 saturated heterocycles. The van der Waals surface area contributed by atoms with Gasteiger partial charge in [-0.15, -0.1) is 5.10 Å². The first-order chi connectivity index (χ1) is 13.7. The van der Waals surface area contributed by atoms with Gasteiger partial charge in [0.25, 0.3) is 5.91 Å². The van der Waals surface area contributed by atoms with Crippen LogP contribution in [0.1, 0.15) is 41.9 Å². The lowest BCUT2D eigenvalue weighted by atomic mass is 9.97. The summed E-state index contributed by atoms with van der Waals surface area (Å²) in [6, 6.07) is 13.4. The molecule has 0 bridgehead atoms. The van der Waals surface area contributed by atoms with Crippen molar-refractivity contribution in [3.05, 3.63) is 53.9 Å². The van der Waals surface area contributed by atoms with Crippen molar-refractivity contribution >= 4 is 28.0 Å². The SMILES string of the molecule is CCn1nnc2cc(C(=O)N3CCCC(c4nc5ccccc5o4)C3)ccc21. The standard InChI is InChI=1S/C21H21N5O2/c1-2-26-18-10-9-14(12-17(18)23-24-26)21(27)25-11-5-6-15(13-25)20-22-16-7-3-4-8-19(16)28-20/h3-4,7-10,12,15H,2,5-6,11,13H2,1H3. The number of rotatable bonds is 3. The average Bonchev–Trinajstić information content (AvgIpc) is 3.36. The van der Waals surface area contributed by atoms with Gasteiger partial charge in [-0.3, -0.25) is 4.79 Å². The highest BCUT2D eigenvalue weighted by Gasteiger charge is 2.29. The Bertz CT molecular complexity index is 1130. The summed E-state index contributed by atoms with van der Waals surface area (Å²) in [6.07, 6.45) is 1.91. The molecule has 1 aliphatic heterocycles. The number of benzene rings is 2. The van der Waals surface area contributed by atoms with E-state index in [2.05, 4.69) is 15.3 Å². The third kappa shape index (κ3) is 2.83. The van der Waals surface area contributed by atoms with Gasteiger partial charge in [0, 0.05) is 25.2 Å². The van der Waals surface area contributed by atoms with Crippen LogP contribution in [-0.4, -0.2) is 43.9 Å². The number of carbonyl (C=O) groups is 1. The summed E-state index contributed by atoms with van der Waals surface area (Å²) < 4.78 is 7.77. The van der Waals surface area contributed by atoms with E-state index in [1.807, 2.05) is 59.0 Å². The van der Waals surface area contributed by atoms with E-state index in [1.165, 1.54) is 0 Å². The number of hydrogen-bond donors (Lipinski definition) is 0. The van der Waals surface area contributed by atoms with Gasteiger partial charge >= 0.3 is 0 Å². The highest BCUT2D eigenvalue weighted by atomic mass is 16.3. The maximum Gasteiger partial charge on any atom is 0.253 e. The number of aryl methyl sites for hydroxylation is 1. The zero-order valence-electron chi connectivity index (χ0n) is 15.7. The molecule has 28 heavy (non-hydrogen) atoms. The molecule has 2 aromatic heterocycles. The Hall–Kier alpha value is -3.22. The van der Waals surface area contributed by atoms with Gasteiger partial charge in [0.15, 0.2) is 11.5 Å². The van der Waals surface area contributed by atoms with Crippen molar-refractivity contribution in [2.75, 3.05) is 13.1 Å². The van der Waals surface area contributed by atoms with Crippen molar-refractivity contribution in [2.24, 2.45) is 0 Å². The zero-order chi connectivity index (χ0) is 19.1. The van der Waals surface area contributed by atoms with Crippen LogP contribution in [0.25, 0.3) is 22.1 Å². The van der Waals surface area contributed by atoms with E-state index in [1.54, 1.807) is 0 Å². The monoisotopic (exact) mass is 375 g/mol. The molecule has 0 saturated carbocycles. The second-order valence-corrected chi connectivity index (χ2v) is 7.22. The first-order valence-corrected chi connectivity index (χ1v) is 9.71. The summed E-state index contributed by atoms with van der Waals surface area (Å²) in [5.41, 5.74) is 4.01. The maximum atomic E-state index is 13.1. The molecule has 5 rings (SSSR count). The van der Waals surface area contributed by atoms with Gasteiger partial charge in [-0.1, -0.05) is 17.3 Å². The van der Waals surface area contributed by atoms with Crippen LogP contribution in [0.2, 0.25) is 0 Å². The fraction of sp³-hybridized carbons (Fsp3) is 0.333. The van der Waals surface area contributed by atoms with Crippen LogP contribution in [0.15, 0.2) is 46.9 Å². The van der Waals surface area contributed by atoms with Crippen molar-refractivity contribution in [3.63, 3.8) is 0 Å². The molecule has 3 heterocycles. The fourth-order valence-electron chi connectivity index (χ4n) is 3.95. The molecule has 1 unspecified atom stereocenters. The van der Waals surface area contributed by atoms with Crippen LogP contribution in [0.3, 0.4) is 0 Å². The highest BCUT2D eigenvalue weighted by molar-refractivity contribution is 5.97. The highest BCUT2D eigenvalue weighted by Crippen LogP contribution is 2.30. The predicted octanol–water partition coefficient (Wildman–Crippen LogP) is 3.61. The average molecular weight is 375 g/mol. The number of hydrogen-bond acceptors (Lipinski definition) is 5. The van der Waals surface area contributed by atoms with Gasteiger partial charge in [-0.2, -0.15) is 0 Å². The van der Waals surface area contributed by atoms with E-state index >= 15 is 0 Å². The quantitative estimate of drug-likeness (QED) is 0.547. The third-order valence-electron chi connectivity index (χ3n) is 5.43. The lowest BCUT2D eigenvalue weighted by molar-refractivity contribution is 0.0699. The molecule has 142 valence electrons. The summed E-state index contributed by atoms with van der Waals surface area (Å²) >= 11 is 0. The van der Waals surface area contributed by atoms with Gasteiger partial charge < -0.3 is 9.32 Å². The summed E-state index contributed by atoms with van der Waals surface area (Å²) in [4.78, 5) is 19.6. The van der Waals surface area contributed by atoms with E-state index < -0.39 is 0 Å². The molecule has 1 fully saturated rings. The second-order valence-electron chi connectivity index (χ2n) is 7.22. The topological polar surface area (TPSA) is 77.1 Å². The maximum absolute atomic E-state index is 13.1. The number of carbonyl (C=O) groups excluding carboxylic acids is 1. The van der Waals surface area contributed by atoms with Crippen molar-refractivity contribution in [1.29, 1.82) is 0 Å². The van der Waals surface area contributed by atoms with Crippen LogP contribution >= 0.6 is 0 Å². The van der Waals surface area contributed by atoms with Crippen molar-refractivity contribution in [3.8, 4) is 0 Å². The Morgan fingerprint density at radius 2 is 2.11 bits per heavy atom.